The van der Waals surface area contributed by atoms with Gasteiger partial charge in [-0.15, -0.1) is 0 Å². The minimum absolute atomic E-state index is 0.0195. The number of nitriles is 1. The first kappa shape index (κ1) is 21.2. The first-order chi connectivity index (χ1) is 16.5. The maximum atomic E-state index is 9.68. The van der Waals surface area contributed by atoms with Crippen molar-refractivity contribution in [2.45, 2.75) is 5.92 Å². The van der Waals surface area contributed by atoms with E-state index in [9.17, 15) is 5.26 Å². The van der Waals surface area contributed by atoms with Crippen molar-refractivity contribution >= 4 is 22.3 Å². The van der Waals surface area contributed by atoms with Crippen LogP contribution in [0.25, 0.3) is 10.8 Å². The average Bonchev–Trinajstić information content (AvgIpc) is 2.86. The molecular weight excluding hydrogens is 432 g/mol. The van der Waals surface area contributed by atoms with E-state index in [0.29, 0.717) is 28.6 Å². The van der Waals surface area contributed by atoms with Gasteiger partial charge in [0.1, 0.15) is 23.2 Å². The number of nitrogens with two attached hydrogens (primary N) is 2. The summed E-state index contributed by atoms with van der Waals surface area (Å²) in [6.07, 6.45) is 0. The first-order valence-corrected chi connectivity index (χ1v) is 10.5. The van der Waals surface area contributed by atoms with Crippen molar-refractivity contribution in [3.63, 3.8) is 0 Å². The smallest absolute Gasteiger partial charge is 0.227 e. The van der Waals surface area contributed by atoms with Crippen LogP contribution in [0.5, 0.6) is 28.9 Å². The molecule has 0 fully saturated rings. The van der Waals surface area contributed by atoms with Crippen molar-refractivity contribution in [2.75, 3.05) is 32.8 Å². The number of methoxy groups -OCH3 is 3. The molecule has 34 heavy (non-hydrogen) atoms. The summed E-state index contributed by atoms with van der Waals surface area (Å²) in [5.41, 5.74) is 15.1. The van der Waals surface area contributed by atoms with Gasteiger partial charge < -0.3 is 30.4 Å². The van der Waals surface area contributed by atoms with Gasteiger partial charge in [-0.3, -0.25) is 0 Å². The van der Waals surface area contributed by atoms with E-state index in [2.05, 4.69) is 11.1 Å². The first-order valence-electron chi connectivity index (χ1n) is 10.5. The second kappa shape index (κ2) is 8.05. The fraction of sp³-hybridized carbons (Fsp3) is 0.154. The van der Waals surface area contributed by atoms with Gasteiger partial charge in [0.15, 0.2) is 11.5 Å². The van der Waals surface area contributed by atoms with Gasteiger partial charge in [0.25, 0.3) is 0 Å². The molecule has 170 valence electrons. The van der Waals surface area contributed by atoms with Crippen LogP contribution in [0, 0.1) is 11.3 Å². The quantitative estimate of drug-likeness (QED) is 0.404. The van der Waals surface area contributed by atoms with Crippen LogP contribution in [-0.4, -0.2) is 26.3 Å². The predicted molar refractivity (Wildman–Crippen MR) is 129 cm³/mol. The number of pyridine rings is 1. The number of rotatable bonds is 4. The van der Waals surface area contributed by atoms with Crippen LogP contribution >= 0.6 is 0 Å². The molecule has 1 aliphatic heterocycles. The molecule has 0 aliphatic carbocycles. The summed E-state index contributed by atoms with van der Waals surface area (Å²) in [6, 6.07) is 17.7. The SMILES string of the molecule is COc1cc(C2c3ccc4ccccc4c3Oc3nc(N)c(C#N)c(N)c32)cc(OC)c1OC. The minimum Gasteiger partial charge on any atom is -0.493 e. The summed E-state index contributed by atoms with van der Waals surface area (Å²) >= 11 is 0. The second-order valence-corrected chi connectivity index (χ2v) is 7.82. The number of anilines is 2. The highest BCUT2D eigenvalue weighted by molar-refractivity contribution is 5.92. The monoisotopic (exact) mass is 454 g/mol. The van der Waals surface area contributed by atoms with Crippen LogP contribution in [0.4, 0.5) is 11.5 Å². The zero-order valence-corrected chi connectivity index (χ0v) is 18.9. The average molecular weight is 454 g/mol. The Labute approximate surface area is 196 Å². The summed E-state index contributed by atoms with van der Waals surface area (Å²) in [4.78, 5) is 4.41. The van der Waals surface area contributed by atoms with Crippen molar-refractivity contribution in [1.29, 1.82) is 5.26 Å². The van der Waals surface area contributed by atoms with Crippen molar-refractivity contribution in [1.82, 2.24) is 4.98 Å². The molecule has 5 rings (SSSR count). The maximum Gasteiger partial charge on any atom is 0.227 e. The molecule has 8 nitrogen and oxygen atoms in total. The largest absolute Gasteiger partial charge is 0.493 e. The number of aromatic nitrogens is 1. The molecular formula is C26H22N4O4. The minimum atomic E-state index is -0.433. The molecule has 4 N–H and O–H groups in total. The van der Waals surface area contributed by atoms with E-state index in [1.807, 2.05) is 48.5 Å². The van der Waals surface area contributed by atoms with Crippen LogP contribution in [0.3, 0.4) is 0 Å². The summed E-state index contributed by atoms with van der Waals surface area (Å²) in [5, 5.41) is 11.6. The van der Waals surface area contributed by atoms with Gasteiger partial charge in [0.2, 0.25) is 11.6 Å². The molecule has 0 bridgehead atoms. The Kier molecular flexibility index (Phi) is 5.02. The van der Waals surface area contributed by atoms with Gasteiger partial charge in [-0.05, 0) is 23.1 Å². The fourth-order valence-corrected chi connectivity index (χ4v) is 4.56. The lowest BCUT2D eigenvalue weighted by Crippen LogP contribution is -2.17. The molecule has 1 aliphatic rings. The number of hydrogen-bond acceptors (Lipinski definition) is 8. The zero-order chi connectivity index (χ0) is 24.0. The normalized spacial score (nSPS) is 13.9. The van der Waals surface area contributed by atoms with Gasteiger partial charge >= 0.3 is 0 Å². The Morgan fingerprint density at radius 2 is 1.68 bits per heavy atom. The maximum absolute atomic E-state index is 9.68. The molecule has 0 spiro atoms. The summed E-state index contributed by atoms with van der Waals surface area (Å²) in [7, 11) is 4.67. The Hall–Kier alpha value is -4.64. The molecule has 1 aromatic heterocycles. The van der Waals surface area contributed by atoms with Gasteiger partial charge in [-0.25, -0.2) is 0 Å². The Morgan fingerprint density at radius 3 is 2.32 bits per heavy atom. The topological polar surface area (TPSA) is 126 Å². The highest BCUT2D eigenvalue weighted by atomic mass is 16.5. The lowest BCUT2D eigenvalue weighted by atomic mass is 9.81. The molecule has 0 saturated carbocycles. The van der Waals surface area contributed by atoms with E-state index >= 15 is 0 Å². The van der Waals surface area contributed by atoms with Gasteiger partial charge in [-0.2, -0.15) is 10.2 Å². The summed E-state index contributed by atoms with van der Waals surface area (Å²) < 4.78 is 23.0. The molecule has 2 heterocycles. The molecule has 0 amide bonds. The molecule has 1 unspecified atom stereocenters. The molecule has 3 aromatic carbocycles. The van der Waals surface area contributed by atoms with Crippen LogP contribution in [-0.2, 0) is 0 Å². The van der Waals surface area contributed by atoms with E-state index in [1.54, 1.807) is 21.3 Å². The zero-order valence-electron chi connectivity index (χ0n) is 18.9. The summed E-state index contributed by atoms with van der Waals surface area (Å²) in [5.74, 6) is 1.96. The van der Waals surface area contributed by atoms with Gasteiger partial charge in [0.05, 0.1) is 32.6 Å². The highest BCUT2D eigenvalue weighted by Gasteiger charge is 2.35. The third kappa shape index (κ3) is 3.02. The molecule has 4 aromatic rings. The summed E-state index contributed by atoms with van der Waals surface area (Å²) in [6.45, 7) is 0. The molecule has 8 heteroatoms. The fourth-order valence-electron chi connectivity index (χ4n) is 4.56. The van der Waals surface area contributed by atoms with Crippen LogP contribution in [0.15, 0.2) is 48.5 Å². The van der Waals surface area contributed by atoms with Crippen molar-refractivity contribution in [3.05, 3.63) is 70.8 Å². The van der Waals surface area contributed by atoms with E-state index in [0.717, 1.165) is 21.9 Å². The number of benzene rings is 3. The molecule has 0 radical (unpaired) electrons. The Balaban J connectivity index is 1.88. The standard InChI is InChI=1S/C26H22N4O4/c1-31-18-10-14(11-19(32-2)24(18)33-3)20-16-9-8-13-6-4-5-7-15(13)23(16)34-26-21(20)22(28)17(12-27)25(29)30-26/h4-11,20H,1-3H3,(H4,28,29,30). The Bertz CT molecular complexity index is 1470. The van der Waals surface area contributed by atoms with Crippen LogP contribution in [0.2, 0.25) is 0 Å². The molecule has 1 atom stereocenters. The predicted octanol–water partition coefficient (Wildman–Crippen LogP) is 4.58. The lowest BCUT2D eigenvalue weighted by Gasteiger charge is -2.31. The van der Waals surface area contributed by atoms with Crippen molar-refractivity contribution in [3.8, 4) is 34.9 Å². The third-order valence-corrected chi connectivity index (χ3v) is 6.11. The van der Waals surface area contributed by atoms with Gasteiger partial charge in [-0.1, -0.05) is 36.4 Å². The van der Waals surface area contributed by atoms with Crippen LogP contribution < -0.4 is 30.4 Å². The van der Waals surface area contributed by atoms with E-state index in [-0.39, 0.29) is 22.9 Å². The number of nitrogens with zero attached hydrogens (tertiary/aromatic N) is 2. The van der Waals surface area contributed by atoms with Gasteiger partial charge in [0, 0.05) is 16.9 Å². The number of ether oxygens (including phenoxy) is 4. The van der Waals surface area contributed by atoms with Crippen LogP contribution in [0.1, 0.15) is 28.2 Å². The number of nitrogen functional groups attached to an aromatic ring is 2. The Morgan fingerprint density at radius 1 is 0.971 bits per heavy atom. The van der Waals surface area contributed by atoms with E-state index in [1.165, 1.54) is 0 Å². The lowest BCUT2D eigenvalue weighted by molar-refractivity contribution is 0.323. The van der Waals surface area contributed by atoms with Crippen molar-refractivity contribution < 1.29 is 18.9 Å². The van der Waals surface area contributed by atoms with E-state index < -0.39 is 5.92 Å². The number of fused-ring (bicyclic) bond motifs is 4. The highest BCUT2D eigenvalue weighted by Crippen LogP contribution is 2.53. The third-order valence-electron chi connectivity index (χ3n) is 6.11. The van der Waals surface area contributed by atoms with Crippen molar-refractivity contribution in [2.24, 2.45) is 0 Å². The van der Waals surface area contributed by atoms with E-state index in [4.69, 9.17) is 30.4 Å². The second-order valence-electron chi connectivity index (χ2n) is 7.82. The number of hydrogen-bond donors (Lipinski definition) is 2. The molecule has 0 saturated heterocycles.